The molecule has 3 rings (SSSR count). The fraction of sp³-hybridized carbons (Fsp3) is 0.368. The number of benzene rings is 1. The first kappa shape index (κ1) is 18.4. The number of hydrogen-bond donors (Lipinski definition) is 1. The summed E-state index contributed by atoms with van der Waals surface area (Å²) in [6.07, 6.45) is 2.19. The summed E-state index contributed by atoms with van der Waals surface area (Å²) in [7, 11) is -2.93. The van der Waals surface area contributed by atoms with E-state index < -0.39 is 9.84 Å². The summed E-state index contributed by atoms with van der Waals surface area (Å²) in [5, 5.41) is 3.18. The number of carbonyl (C=O) groups is 1. The zero-order valence-corrected chi connectivity index (χ0v) is 15.6. The van der Waals surface area contributed by atoms with Gasteiger partial charge in [0, 0.05) is 19.1 Å². The Morgan fingerprint density at radius 3 is 2.58 bits per heavy atom. The van der Waals surface area contributed by atoms with Crippen molar-refractivity contribution in [3.05, 3.63) is 59.9 Å². The summed E-state index contributed by atoms with van der Waals surface area (Å²) < 4.78 is 23.1. The molecule has 0 aliphatic carbocycles. The quantitative estimate of drug-likeness (QED) is 0.841. The highest BCUT2D eigenvalue weighted by Crippen LogP contribution is 2.17. The van der Waals surface area contributed by atoms with Gasteiger partial charge in [-0.05, 0) is 31.0 Å². The van der Waals surface area contributed by atoms with Crippen molar-refractivity contribution in [3.63, 3.8) is 0 Å². The zero-order chi connectivity index (χ0) is 18.6. The van der Waals surface area contributed by atoms with E-state index in [1.807, 2.05) is 37.3 Å². The van der Waals surface area contributed by atoms with Crippen molar-refractivity contribution in [2.45, 2.75) is 25.9 Å². The number of nitrogens with one attached hydrogen (secondary N) is 1. The van der Waals surface area contributed by atoms with Crippen molar-refractivity contribution < 1.29 is 13.2 Å². The third-order valence-corrected chi connectivity index (χ3v) is 6.24. The molecule has 7 heteroatoms. The highest BCUT2D eigenvalue weighted by Gasteiger charge is 2.27. The van der Waals surface area contributed by atoms with E-state index in [4.69, 9.17) is 0 Å². The summed E-state index contributed by atoms with van der Waals surface area (Å²) in [6.45, 7) is 3.07. The van der Waals surface area contributed by atoms with E-state index in [9.17, 15) is 13.2 Å². The molecule has 0 radical (unpaired) electrons. The average Bonchev–Trinajstić information content (AvgIpc) is 2.99. The van der Waals surface area contributed by atoms with Gasteiger partial charge in [0.05, 0.1) is 23.4 Å². The minimum absolute atomic E-state index is 0.0893. The third-order valence-electron chi connectivity index (χ3n) is 4.47. The van der Waals surface area contributed by atoms with E-state index in [1.165, 1.54) is 0 Å². The number of aromatic nitrogens is 1. The fourth-order valence-electron chi connectivity index (χ4n) is 3.04. The van der Waals surface area contributed by atoms with Crippen LogP contribution in [0.15, 0.2) is 48.7 Å². The first-order chi connectivity index (χ1) is 12.5. The average molecular weight is 373 g/mol. The second-order valence-corrected chi connectivity index (χ2v) is 8.71. The van der Waals surface area contributed by atoms with Gasteiger partial charge in [-0.15, -0.1) is 0 Å². The molecule has 6 nitrogen and oxygen atoms in total. The smallest absolute Gasteiger partial charge is 0.272 e. The predicted molar refractivity (Wildman–Crippen MR) is 102 cm³/mol. The van der Waals surface area contributed by atoms with Crippen molar-refractivity contribution in [3.8, 4) is 0 Å². The monoisotopic (exact) mass is 373 g/mol. The van der Waals surface area contributed by atoms with Crippen molar-refractivity contribution >= 4 is 21.4 Å². The Hall–Kier alpha value is -2.41. The topological polar surface area (TPSA) is 79.4 Å². The van der Waals surface area contributed by atoms with E-state index in [-0.39, 0.29) is 23.5 Å². The van der Waals surface area contributed by atoms with Crippen LogP contribution >= 0.6 is 0 Å². The number of carbonyl (C=O) groups excluding carboxylic acids is 1. The molecule has 1 aromatic carbocycles. The van der Waals surface area contributed by atoms with Gasteiger partial charge >= 0.3 is 0 Å². The number of anilines is 1. The Bertz CT molecular complexity index is 851. The molecule has 1 aromatic heterocycles. The SMILES string of the molecule is CCN(Cc1ccccc1)C(=O)c1ccc(NC2CCS(=O)(=O)C2)cn1. The van der Waals surface area contributed by atoms with Crippen LogP contribution in [0.1, 0.15) is 29.4 Å². The lowest BCUT2D eigenvalue weighted by Gasteiger charge is -2.21. The van der Waals surface area contributed by atoms with Gasteiger partial charge in [-0.3, -0.25) is 4.79 Å². The third kappa shape index (κ3) is 4.60. The molecular formula is C19H23N3O3S. The molecule has 2 heterocycles. The maximum atomic E-state index is 12.7. The van der Waals surface area contributed by atoms with Gasteiger partial charge in [-0.25, -0.2) is 13.4 Å². The van der Waals surface area contributed by atoms with Crippen LogP contribution in [0.2, 0.25) is 0 Å². The minimum atomic E-state index is -2.93. The Morgan fingerprint density at radius 1 is 1.23 bits per heavy atom. The van der Waals surface area contributed by atoms with Gasteiger partial charge in [0.2, 0.25) is 0 Å². The number of sulfone groups is 1. The standard InChI is InChI=1S/C19H23N3O3S/c1-2-22(13-15-6-4-3-5-7-15)19(23)18-9-8-16(12-20-18)21-17-10-11-26(24,25)14-17/h3-9,12,17,21H,2,10-11,13-14H2,1H3. The normalized spacial score (nSPS) is 18.4. The number of nitrogens with zero attached hydrogens (tertiary/aromatic N) is 2. The Labute approximate surface area is 154 Å². The van der Waals surface area contributed by atoms with Gasteiger partial charge in [-0.2, -0.15) is 0 Å². The molecule has 1 saturated heterocycles. The molecule has 1 fully saturated rings. The Kier molecular flexibility index (Phi) is 5.56. The molecule has 0 spiro atoms. The summed E-state index contributed by atoms with van der Waals surface area (Å²) in [4.78, 5) is 18.7. The van der Waals surface area contributed by atoms with Gasteiger partial charge in [-0.1, -0.05) is 30.3 Å². The van der Waals surface area contributed by atoms with Crippen LogP contribution in [0.4, 0.5) is 5.69 Å². The summed E-state index contributed by atoms with van der Waals surface area (Å²) >= 11 is 0. The van der Waals surface area contributed by atoms with Crippen molar-refractivity contribution in [2.24, 2.45) is 0 Å². The number of amides is 1. The van der Waals surface area contributed by atoms with Crippen LogP contribution in [0.3, 0.4) is 0 Å². The Balaban J connectivity index is 1.64. The van der Waals surface area contributed by atoms with Crippen molar-refractivity contribution in [1.82, 2.24) is 9.88 Å². The Morgan fingerprint density at radius 2 is 2.00 bits per heavy atom. The van der Waals surface area contributed by atoms with E-state index in [1.54, 1.807) is 23.2 Å². The minimum Gasteiger partial charge on any atom is -0.380 e. The van der Waals surface area contributed by atoms with Gasteiger partial charge < -0.3 is 10.2 Å². The highest BCUT2D eigenvalue weighted by atomic mass is 32.2. The molecule has 1 aliphatic heterocycles. The van der Waals surface area contributed by atoms with Gasteiger partial charge in [0.15, 0.2) is 9.84 Å². The molecule has 1 aliphatic rings. The first-order valence-electron chi connectivity index (χ1n) is 8.73. The van der Waals surface area contributed by atoms with Crippen LogP contribution in [0.5, 0.6) is 0 Å². The number of hydrogen-bond acceptors (Lipinski definition) is 5. The molecule has 1 atom stereocenters. The number of rotatable bonds is 6. The predicted octanol–water partition coefficient (Wildman–Crippen LogP) is 2.34. The highest BCUT2D eigenvalue weighted by molar-refractivity contribution is 7.91. The van der Waals surface area contributed by atoms with Crippen LogP contribution in [0, 0.1) is 0 Å². The van der Waals surface area contributed by atoms with E-state index in [2.05, 4.69) is 10.3 Å². The van der Waals surface area contributed by atoms with E-state index in [0.717, 1.165) is 11.3 Å². The lowest BCUT2D eigenvalue weighted by Crippen LogP contribution is -2.31. The molecule has 0 saturated carbocycles. The summed E-state index contributed by atoms with van der Waals surface area (Å²) in [5.41, 5.74) is 2.19. The van der Waals surface area contributed by atoms with Crippen LogP contribution in [-0.2, 0) is 16.4 Å². The molecule has 0 bridgehead atoms. The second-order valence-electron chi connectivity index (χ2n) is 6.48. The van der Waals surface area contributed by atoms with Gasteiger partial charge in [0.1, 0.15) is 5.69 Å². The molecule has 1 amide bonds. The van der Waals surface area contributed by atoms with Crippen LogP contribution < -0.4 is 5.32 Å². The van der Waals surface area contributed by atoms with Crippen molar-refractivity contribution in [1.29, 1.82) is 0 Å². The lowest BCUT2D eigenvalue weighted by atomic mass is 10.2. The summed E-state index contributed by atoms with van der Waals surface area (Å²) in [6, 6.07) is 13.2. The zero-order valence-electron chi connectivity index (χ0n) is 14.8. The summed E-state index contributed by atoms with van der Waals surface area (Å²) in [5.74, 6) is 0.250. The molecular weight excluding hydrogens is 350 g/mol. The maximum Gasteiger partial charge on any atom is 0.272 e. The first-order valence-corrected chi connectivity index (χ1v) is 10.5. The fourth-order valence-corrected chi connectivity index (χ4v) is 4.72. The maximum absolute atomic E-state index is 12.7. The van der Waals surface area contributed by atoms with E-state index in [0.29, 0.717) is 25.2 Å². The van der Waals surface area contributed by atoms with Crippen LogP contribution in [-0.4, -0.2) is 48.3 Å². The van der Waals surface area contributed by atoms with Crippen LogP contribution in [0.25, 0.3) is 0 Å². The lowest BCUT2D eigenvalue weighted by molar-refractivity contribution is 0.0746. The van der Waals surface area contributed by atoms with Gasteiger partial charge in [0.25, 0.3) is 5.91 Å². The van der Waals surface area contributed by atoms with E-state index >= 15 is 0 Å². The number of pyridine rings is 1. The molecule has 1 N–H and O–H groups in total. The molecule has 1 unspecified atom stereocenters. The molecule has 2 aromatic rings. The second kappa shape index (κ2) is 7.86. The molecule has 138 valence electrons. The van der Waals surface area contributed by atoms with Crippen molar-refractivity contribution in [2.75, 3.05) is 23.4 Å². The molecule has 26 heavy (non-hydrogen) atoms. The largest absolute Gasteiger partial charge is 0.380 e.